The Morgan fingerprint density at radius 1 is 1.67 bits per heavy atom. The molecule has 0 spiro atoms. The summed E-state index contributed by atoms with van der Waals surface area (Å²) in [4.78, 5) is 1.23. The minimum Gasteiger partial charge on any atom is -0.309 e. The summed E-state index contributed by atoms with van der Waals surface area (Å²) in [5, 5.41) is 6.42. The largest absolute Gasteiger partial charge is 0.309 e. The molecule has 1 aromatic heterocycles. The first kappa shape index (κ1) is 12.8. The van der Waals surface area contributed by atoms with Crippen molar-refractivity contribution >= 4 is 22.9 Å². The topological polar surface area (TPSA) is 12.0 Å². The van der Waals surface area contributed by atoms with Crippen LogP contribution in [0.15, 0.2) is 23.6 Å². The normalized spacial score (nSPS) is 12.7. The highest BCUT2D eigenvalue weighted by molar-refractivity contribution is 7.10. The first-order chi connectivity index (χ1) is 7.15. The van der Waals surface area contributed by atoms with E-state index in [0.717, 1.165) is 24.4 Å². The van der Waals surface area contributed by atoms with Crippen LogP contribution in [0.25, 0.3) is 0 Å². The van der Waals surface area contributed by atoms with Crippen molar-refractivity contribution in [2.24, 2.45) is 0 Å². The Balaban J connectivity index is 2.71. The molecule has 0 radical (unpaired) electrons. The fourth-order valence-electron chi connectivity index (χ4n) is 1.48. The van der Waals surface area contributed by atoms with Crippen molar-refractivity contribution in [2.75, 3.05) is 6.54 Å². The first-order valence-corrected chi connectivity index (χ1v) is 6.51. The van der Waals surface area contributed by atoms with E-state index < -0.39 is 0 Å². The van der Waals surface area contributed by atoms with Gasteiger partial charge in [0.15, 0.2) is 0 Å². The van der Waals surface area contributed by atoms with Gasteiger partial charge >= 0.3 is 0 Å². The summed E-state index contributed by atoms with van der Waals surface area (Å²) in [5.41, 5.74) is 1.19. The molecule has 3 heteroatoms. The summed E-state index contributed by atoms with van der Waals surface area (Å²) in [6, 6.07) is 2.29. The number of hydrogen-bond acceptors (Lipinski definition) is 2. The van der Waals surface area contributed by atoms with Gasteiger partial charge in [-0.2, -0.15) is 0 Å². The SMILES string of the molecule is C=C(C)CC(NCCC)c1sccc1Cl. The lowest BCUT2D eigenvalue weighted by atomic mass is 10.1. The molecule has 1 N–H and O–H groups in total. The van der Waals surface area contributed by atoms with Crippen LogP contribution in [0, 0.1) is 0 Å². The highest BCUT2D eigenvalue weighted by Gasteiger charge is 2.15. The number of thiophene rings is 1. The van der Waals surface area contributed by atoms with Crippen molar-refractivity contribution in [3.63, 3.8) is 0 Å². The molecule has 1 rings (SSSR count). The van der Waals surface area contributed by atoms with Crippen molar-refractivity contribution in [1.82, 2.24) is 5.32 Å². The molecule has 0 aliphatic rings. The Morgan fingerprint density at radius 3 is 2.87 bits per heavy atom. The van der Waals surface area contributed by atoms with E-state index in [1.165, 1.54) is 10.5 Å². The first-order valence-electron chi connectivity index (χ1n) is 5.25. The van der Waals surface area contributed by atoms with Gasteiger partial charge in [-0.3, -0.25) is 0 Å². The highest BCUT2D eigenvalue weighted by atomic mass is 35.5. The maximum Gasteiger partial charge on any atom is 0.0561 e. The van der Waals surface area contributed by atoms with Gasteiger partial charge < -0.3 is 5.32 Å². The van der Waals surface area contributed by atoms with Crippen molar-refractivity contribution in [3.05, 3.63) is 33.5 Å². The molecular formula is C12H18ClNS. The van der Waals surface area contributed by atoms with Crippen LogP contribution in [0.1, 0.15) is 37.6 Å². The fraction of sp³-hybridized carbons (Fsp3) is 0.500. The van der Waals surface area contributed by atoms with Crippen LogP contribution < -0.4 is 5.32 Å². The average molecular weight is 244 g/mol. The molecule has 1 aromatic rings. The summed E-state index contributed by atoms with van der Waals surface area (Å²) < 4.78 is 0. The van der Waals surface area contributed by atoms with Crippen molar-refractivity contribution in [1.29, 1.82) is 0 Å². The molecule has 0 bridgehead atoms. The minimum absolute atomic E-state index is 0.329. The zero-order valence-corrected chi connectivity index (χ0v) is 10.9. The Bertz CT molecular complexity index is 319. The fourth-order valence-corrected chi connectivity index (χ4v) is 2.74. The maximum atomic E-state index is 6.14. The molecule has 0 fully saturated rings. The number of rotatable bonds is 6. The lowest BCUT2D eigenvalue weighted by molar-refractivity contribution is 0.535. The van der Waals surface area contributed by atoms with Gasteiger partial charge in [0, 0.05) is 10.9 Å². The van der Waals surface area contributed by atoms with E-state index in [2.05, 4.69) is 25.7 Å². The van der Waals surface area contributed by atoms with E-state index in [9.17, 15) is 0 Å². The molecule has 0 saturated heterocycles. The van der Waals surface area contributed by atoms with E-state index in [4.69, 9.17) is 11.6 Å². The summed E-state index contributed by atoms with van der Waals surface area (Å²) in [7, 11) is 0. The zero-order valence-electron chi connectivity index (χ0n) is 9.35. The van der Waals surface area contributed by atoms with Gasteiger partial charge in [0.2, 0.25) is 0 Å². The third kappa shape index (κ3) is 3.98. The lowest BCUT2D eigenvalue weighted by Crippen LogP contribution is -2.21. The molecule has 1 heterocycles. The molecule has 0 aliphatic carbocycles. The standard InChI is InChI=1S/C12H18ClNS/c1-4-6-14-11(8-9(2)3)12-10(13)5-7-15-12/h5,7,11,14H,2,4,6,8H2,1,3H3. The molecular weight excluding hydrogens is 226 g/mol. The van der Waals surface area contributed by atoms with E-state index in [0.29, 0.717) is 6.04 Å². The lowest BCUT2D eigenvalue weighted by Gasteiger charge is -2.17. The summed E-state index contributed by atoms with van der Waals surface area (Å²) >= 11 is 7.85. The summed E-state index contributed by atoms with van der Waals surface area (Å²) in [6.07, 6.45) is 2.09. The van der Waals surface area contributed by atoms with Gasteiger partial charge in [-0.15, -0.1) is 17.9 Å². The van der Waals surface area contributed by atoms with Crippen LogP contribution in [0.5, 0.6) is 0 Å². The van der Waals surface area contributed by atoms with Crippen LogP contribution in [-0.2, 0) is 0 Å². The van der Waals surface area contributed by atoms with Crippen LogP contribution in [0.4, 0.5) is 0 Å². The molecule has 1 unspecified atom stereocenters. The van der Waals surface area contributed by atoms with Crippen LogP contribution in [-0.4, -0.2) is 6.54 Å². The predicted octanol–water partition coefficient (Wildman–Crippen LogP) is 4.41. The predicted molar refractivity (Wildman–Crippen MR) is 69.8 cm³/mol. The van der Waals surface area contributed by atoms with Gasteiger partial charge in [0.05, 0.1) is 5.02 Å². The van der Waals surface area contributed by atoms with Crippen molar-refractivity contribution in [3.8, 4) is 0 Å². The van der Waals surface area contributed by atoms with Gasteiger partial charge in [0.25, 0.3) is 0 Å². The minimum atomic E-state index is 0.329. The van der Waals surface area contributed by atoms with Gasteiger partial charge in [-0.1, -0.05) is 24.1 Å². The van der Waals surface area contributed by atoms with Gasteiger partial charge in [0.1, 0.15) is 0 Å². The zero-order chi connectivity index (χ0) is 11.3. The number of halogens is 1. The molecule has 0 amide bonds. The number of nitrogens with one attached hydrogen (secondary N) is 1. The molecule has 0 saturated carbocycles. The average Bonchev–Trinajstić information content (AvgIpc) is 2.58. The third-order valence-corrected chi connectivity index (χ3v) is 3.63. The molecule has 84 valence electrons. The highest BCUT2D eigenvalue weighted by Crippen LogP contribution is 2.31. The van der Waals surface area contributed by atoms with Gasteiger partial charge in [-0.25, -0.2) is 0 Å². The summed E-state index contributed by atoms with van der Waals surface area (Å²) in [6.45, 7) is 9.21. The van der Waals surface area contributed by atoms with E-state index in [1.807, 2.05) is 11.4 Å². The Hall–Kier alpha value is -0.310. The Morgan fingerprint density at radius 2 is 2.40 bits per heavy atom. The van der Waals surface area contributed by atoms with Gasteiger partial charge in [-0.05, 0) is 37.8 Å². The molecule has 1 nitrogen and oxygen atoms in total. The number of hydrogen-bond donors (Lipinski definition) is 1. The van der Waals surface area contributed by atoms with E-state index in [1.54, 1.807) is 11.3 Å². The molecule has 1 atom stereocenters. The Kier molecular flexibility index (Phi) is 5.37. The second-order valence-electron chi connectivity index (χ2n) is 3.80. The summed E-state index contributed by atoms with van der Waals surface area (Å²) in [5.74, 6) is 0. The Labute approximate surface area is 101 Å². The van der Waals surface area contributed by atoms with Crippen LogP contribution >= 0.6 is 22.9 Å². The molecule has 15 heavy (non-hydrogen) atoms. The van der Waals surface area contributed by atoms with E-state index in [-0.39, 0.29) is 0 Å². The van der Waals surface area contributed by atoms with E-state index >= 15 is 0 Å². The van der Waals surface area contributed by atoms with Crippen LogP contribution in [0.2, 0.25) is 5.02 Å². The monoisotopic (exact) mass is 243 g/mol. The molecule has 0 aromatic carbocycles. The van der Waals surface area contributed by atoms with Crippen LogP contribution in [0.3, 0.4) is 0 Å². The smallest absolute Gasteiger partial charge is 0.0561 e. The second-order valence-corrected chi connectivity index (χ2v) is 5.16. The third-order valence-electron chi connectivity index (χ3n) is 2.15. The molecule has 0 aliphatic heterocycles. The second kappa shape index (κ2) is 6.31. The quantitative estimate of drug-likeness (QED) is 0.730. The van der Waals surface area contributed by atoms with Crippen molar-refractivity contribution < 1.29 is 0 Å². The maximum absolute atomic E-state index is 6.14. The van der Waals surface area contributed by atoms with Crippen molar-refractivity contribution in [2.45, 2.75) is 32.7 Å².